The van der Waals surface area contributed by atoms with Crippen LogP contribution in [0.4, 0.5) is 0 Å². The molecule has 2 aliphatic carbocycles. The minimum atomic E-state index is -1.52. The van der Waals surface area contributed by atoms with Gasteiger partial charge in [-0.15, -0.1) is 0 Å². The summed E-state index contributed by atoms with van der Waals surface area (Å²) in [6.07, 6.45) is 13.0. The van der Waals surface area contributed by atoms with E-state index in [4.69, 9.17) is 28.5 Å². The lowest BCUT2D eigenvalue weighted by Crippen LogP contribution is -2.70. The Balaban J connectivity index is 1.10. The number of carbonyl (C=O) groups excluding carboxylic acids is 4. The molecule has 2 saturated carbocycles. The molecule has 2 aromatic carbocycles. The highest BCUT2D eigenvalue weighted by molar-refractivity contribution is 5.96. The third kappa shape index (κ3) is 11.2. The van der Waals surface area contributed by atoms with E-state index in [9.17, 15) is 19.5 Å². The van der Waals surface area contributed by atoms with Crippen LogP contribution in [0.3, 0.4) is 0 Å². The summed E-state index contributed by atoms with van der Waals surface area (Å²) in [4.78, 5) is 66.3. The van der Waals surface area contributed by atoms with Crippen LogP contribution in [-0.2, 0) is 60.7 Å². The molecule has 14 heteroatoms. The Bertz CT molecular complexity index is 2080. The molecule has 2 bridgehead atoms. The van der Waals surface area contributed by atoms with Crippen molar-refractivity contribution < 1.29 is 52.8 Å². The van der Waals surface area contributed by atoms with Crippen LogP contribution in [0.15, 0.2) is 60.7 Å². The Kier molecular flexibility index (Phi) is 15.8. The molecule has 4 saturated heterocycles. The zero-order valence-corrected chi connectivity index (χ0v) is 41.1. The van der Waals surface area contributed by atoms with Gasteiger partial charge in [-0.2, -0.15) is 5.06 Å². The smallest absolute Gasteiger partial charge is 0.327 e. The number of aliphatic hydroxyl groups is 1. The number of rotatable bonds is 22. The van der Waals surface area contributed by atoms with Gasteiger partial charge in [0.05, 0.1) is 31.4 Å². The summed E-state index contributed by atoms with van der Waals surface area (Å²) in [5.41, 5.74) is 0.556. The molecule has 372 valence electrons. The Morgan fingerprint density at radius 2 is 1.63 bits per heavy atom. The van der Waals surface area contributed by atoms with E-state index >= 15 is 4.79 Å². The normalized spacial score (nSPS) is 30.0. The fourth-order valence-corrected chi connectivity index (χ4v) is 11.4. The minimum Gasteiger partial charge on any atom is -0.460 e. The number of nitrogens with one attached hydrogen (secondary N) is 1. The monoisotopic (exact) mass is 942 g/mol. The van der Waals surface area contributed by atoms with Crippen LogP contribution in [0.5, 0.6) is 0 Å². The van der Waals surface area contributed by atoms with E-state index in [1.165, 1.54) is 4.90 Å². The van der Waals surface area contributed by atoms with Gasteiger partial charge < -0.3 is 39.0 Å². The molecular weight excluding hydrogens is 867 g/mol. The second kappa shape index (κ2) is 21.4. The Labute approximate surface area is 402 Å². The molecule has 14 nitrogen and oxygen atoms in total. The summed E-state index contributed by atoms with van der Waals surface area (Å²) in [5.74, 6) is -2.42. The highest BCUT2D eigenvalue weighted by atomic mass is 16.8. The SMILES string of the molecule is CCCCCC1(CCCCC)O[C@@H]2[C@H]3ON(Cc4ccc(C=CC5CCC6OC6C5)cc4)[C@H]4C(=O)OC(CC34C(=O)N(C)[C@H](Cc3ccccc3)C(=O)N[C@H](CO)CCC(=O)OC(C)(C)C)[C@@H]2O1. The Hall–Kier alpha value is -4.18. The third-order valence-electron chi connectivity index (χ3n) is 14.9. The standard InChI is InChI=1S/C54H75N3O11/c1-7-9-14-28-53(29-15-10-8-2)66-45-43-32-54(51(62)56(6)40(30-36-16-12-11-13-17-36)49(60)55-39(34-58)25-27-44(59)65-52(3,4)5)47(50(61)64-43)57(68-48(54)46(45)67-53)33-38-22-19-35(20-23-38)18-21-37-24-26-41-42(31-37)63-41/h11-13,16-23,37,39-43,45-48,58H,7-10,14-15,24-34H2,1-6H3,(H,55,60)/t37?,39-,40+,41?,42?,43?,45-,46-,47-,48+,54?/m0/s1. The molecule has 6 aliphatic rings. The van der Waals surface area contributed by atoms with Gasteiger partial charge in [0.2, 0.25) is 11.8 Å². The number of allylic oxidation sites excluding steroid dienone is 1. The number of hydrogen-bond acceptors (Lipinski definition) is 12. The van der Waals surface area contributed by atoms with E-state index in [0.717, 1.165) is 74.5 Å². The number of hydroxylamine groups is 2. The number of fused-ring (bicyclic) bond motifs is 5. The maximum absolute atomic E-state index is 15.9. The fourth-order valence-electron chi connectivity index (χ4n) is 11.4. The number of benzene rings is 2. The summed E-state index contributed by atoms with van der Waals surface area (Å²) >= 11 is 0. The number of amides is 2. The maximum atomic E-state index is 15.9. The summed E-state index contributed by atoms with van der Waals surface area (Å²) in [6.45, 7) is 9.42. The number of ether oxygens (including phenoxy) is 5. The quantitative estimate of drug-likeness (QED) is 0.0685. The first-order valence-corrected chi connectivity index (χ1v) is 25.5. The predicted molar refractivity (Wildman–Crippen MR) is 254 cm³/mol. The number of unbranched alkanes of at least 4 members (excludes halogenated alkanes) is 4. The first-order chi connectivity index (χ1) is 32.7. The van der Waals surface area contributed by atoms with Gasteiger partial charge in [-0.1, -0.05) is 106 Å². The van der Waals surface area contributed by atoms with Gasteiger partial charge in [-0.25, -0.2) is 0 Å². The highest BCUT2D eigenvalue weighted by Crippen LogP contribution is 2.58. The van der Waals surface area contributed by atoms with Crippen LogP contribution in [0, 0.1) is 11.3 Å². The molecule has 11 atom stereocenters. The molecule has 68 heavy (non-hydrogen) atoms. The molecule has 2 amide bonds. The average molecular weight is 942 g/mol. The lowest BCUT2D eigenvalue weighted by molar-refractivity contribution is -0.225. The molecule has 5 unspecified atom stereocenters. The van der Waals surface area contributed by atoms with Crippen molar-refractivity contribution in [3.05, 3.63) is 77.4 Å². The second-order valence-corrected chi connectivity index (χ2v) is 21.2. The molecule has 0 aromatic heterocycles. The molecule has 0 radical (unpaired) electrons. The van der Waals surface area contributed by atoms with Gasteiger partial charge in [0.15, 0.2) is 11.8 Å². The van der Waals surface area contributed by atoms with Crippen molar-refractivity contribution in [1.82, 2.24) is 15.3 Å². The van der Waals surface area contributed by atoms with Crippen LogP contribution in [-0.4, -0.2) is 119 Å². The second-order valence-electron chi connectivity index (χ2n) is 21.2. The molecule has 4 heterocycles. The lowest BCUT2D eigenvalue weighted by Gasteiger charge is -2.50. The van der Waals surface area contributed by atoms with E-state index in [1.54, 1.807) is 32.9 Å². The summed E-state index contributed by atoms with van der Waals surface area (Å²) in [5, 5.41) is 15.0. The van der Waals surface area contributed by atoms with Crippen molar-refractivity contribution in [2.75, 3.05) is 13.7 Å². The number of carbonyl (C=O) groups is 4. The van der Waals surface area contributed by atoms with Gasteiger partial charge in [0, 0.05) is 39.2 Å². The van der Waals surface area contributed by atoms with E-state index in [-0.39, 0.29) is 32.2 Å². The number of aliphatic hydroxyl groups excluding tert-OH is 1. The topological polar surface area (TPSA) is 166 Å². The van der Waals surface area contributed by atoms with Crippen molar-refractivity contribution in [2.24, 2.45) is 11.3 Å². The molecule has 0 spiro atoms. The summed E-state index contributed by atoms with van der Waals surface area (Å²) in [7, 11) is 1.60. The van der Waals surface area contributed by atoms with Gasteiger partial charge in [-0.05, 0) is 81.9 Å². The Morgan fingerprint density at radius 1 is 0.926 bits per heavy atom. The van der Waals surface area contributed by atoms with E-state index in [1.807, 2.05) is 42.5 Å². The van der Waals surface area contributed by atoms with Gasteiger partial charge in [0.1, 0.15) is 41.5 Å². The Morgan fingerprint density at radius 3 is 2.29 bits per heavy atom. The molecule has 2 N–H and O–H groups in total. The van der Waals surface area contributed by atoms with Crippen molar-refractivity contribution in [2.45, 2.75) is 204 Å². The zero-order valence-electron chi connectivity index (χ0n) is 41.1. The van der Waals surface area contributed by atoms with Crippen LogP contribution in [0.2, 0.25) is 0 Å². The van der Waals surface area contributed by atoms with E-state index in [0.29, 0.717) is 31.0 Å². The molecule has 2 aromatic rings. The molecule has 6 fully saturated rings. The highest BCUT2D eigenvalue weighted by Gasteiger charge is 2.76. The van der Waals surface area contributed by atoms with Crippen molar-refractivity contribution >= 4 is 29.8 Å². The number of hydrogen-bond donors (Lipinski definition) is 2. The largest absolute Gasteiger partial charge is 0.460 e. The van der Waals surface area contributed by atoms with Crippen LogP contribution < -0.4 is 5.32 Å². The van der Waals surface area contributed by atoms with Crippen molar-refractivity contribution in [3.8, 4) is 0 Å². The number of esters is 2. The zero-order chi connectivity index (χ0) is 48.2. The molecular formula is C54H75N3O11. The van der Waals surface area contributed by atoms with Crippen LogP contribution >= 0.6 is 0 Å². The number of nitrogens with zero attached hydrogens (tertiary/aromatic N) is 2. The maximum Gasteiger partial charge on any atom is 0.327 e. The molecule has 8 rings (SSSR count). The average Bonchev–Trinajstić information content (AvgIpc) is 3.87. The van der Waals surface area contributed by atoms with Crippen LogP contribution in [0.25, 0.3) is 6.08 Å². The number of likely N-dealkylation sites (N-methyl/N-ethyl adjacent to an activating group) is 1. The van der Waals surface area contributed by atoms with Crippen LogP contribution in [0.1, 0.15) is 141 Å². The van der Waals surface area contributed by atoms with E-state index in [2.05, 4.69) is 43.4 Å². The predicted octanol–water partition coefficient (Wildman–Crippen LogP) is 7.38. The van der Waals surface area contributed by atoms with E-state index < -0.39 is 89.7 Å². The minimum absolute atomic E-state index is 0.0243. The van der Waals surface area contributed by atoms with Gasteiger partial charge >= 0.3 is 11.9 Å². The lowest BCUT2D eigenvalue weighted by atomic mass is 9.62. The third-order valence-corrected chi connectivity index (χ3v) is 14.9. The van der Waals surface area contributed by atoms with Gasteiger partial charge in [0.25, 0.3) is 0 Å². The van der Waals surface area contributed by atoms with Gasteiger partial charge in [-0.3, -0.25) is 24.0 Å². The summed E-state index contributed by atoms with van der Waals surface area (Å²) in [6, 6.07) is 14.6. The van der Waals surface area contributed by atoms with Crippen molar-refractivity contribution in [3.63, 3.8) is 0 Å². The van der Waals surface area contributed by atoms with Crippen molar-refractivity contribution in [1.29, 1.82) is 0 Å². The first-order valence-electron chi connectivity index (χ1n) is 25.5. The first kappa shape index (κ1) is 50.2. The fraction of sp³-hybridized carbons (Fsp3) is 0.667. The number of epoxide rings is 1. The summed E-state index contributed by atoms with van der Waals surface area (Å²) < 4.78 is 31.7. The molecule has 4 aliphatic heterocycles.